The number of hydrogen-bond acceptors (Lipinski definition) is 3. The minimum Gasteiger partial charge on any atom is -0.343 e. The minimum absolute atomic E-state index is 0.207. The van der Waals surface area contributed by atoms with Crippen LogP contribution >= 0.6 is 0 Å². The zero-order chi connectivity index (χ0) is 12.0. The van der Waals surface area contributed by atoms with Crippen molar-refractivity contribution in [3.05, 3.63) is 12.3 Å². The first kappa shape index (κ1) is 13.6. The van der Waals surface area contributed by atoms with Gasteiger partial charge in [-0.25, -0.2) is 0 Å². The van der Waals surface area contributed by atoms with Gasteiger partial charge in [0.25, 0.3) is 0 Å². The average Bonchev–Trinajstić information content (AvgIpc) is 2.15. The van der Waals surface area contributed by atoms with E-state index in [9.17, 15) is 9.59 Å². The van der Waals surface area contributed by atoms with Gasteiger partial charge in [-0.2, -0.15) is 0 Å². The number of carbonyl (C=O) groups is 2. The molecule has 0 rings (SSSR count). The number of rotatable bonds is 5. The van der Waals surface area contributed by atoms with Crippen molar-refractivity contribution in [3.8, 4) is 0 Å². The summed E-state index contributed by atoms with van der Waals surface area (Å²) in [5.74, 6) is -0.471. The number of likely N-dealkylation sites (N-methyl/N-ethyl adjacent to an activating group) is 1. The van der Waals surface area contributed by atoms with E-state index in [0.717, 1.165) is 0 Å². The summed E-state index contributed by atoms with van der Waals surface area (Å²) < 4.78 is 0. The monoisotopic (exact) mass is 213 g/mol. The molecular weight excluding hydrogens is 194 g/mol. The maximum atomic E-state index is 11.4. The first-order valence-electron chi connectivity index (χ1n) is 4.82. The zero-order valence-electron chi connectivity index (χ0n) is 9.68. The molecule has 0 radical (unpaired) electrons. The molecule has 0 aromatic heterocycles. The Balaban J connectivity index is 4.12. The molecule has 0 saturated heterocycles. The van der Waals surface area contributed by atoms with Crippen LogP contribution in [0.2, 0.25) is 0 Å². The Hall–Kier alpha value is -1.36. The molecule has 0 saturated carbocycles. The number of amides is 2. The molecule has 5 heteroatoms. The molecular formula is C10H19N3O2. The quantitative estimate of drug-likeness (QED) is 0.590. The molecule has 86 valence electrons. The summed E-state index contributed by atoms with van der Waals surface area (Å²) in [6, 6.07) is -0.880. The standard InChI is InChI=1S/C10H19N3O2/c1-6(2)12-10(15)8(4)13-9(14)7(3)11-5/h7-8,11H,1H2,2-5H3,(H,12,15)(H,13,14)/t7-,8-/m0/s1. The van der Waals surface area contributed by atoms with Crippen LogP contribution in [0.3, 0.4) is 0 Å². The van der Waals surface area contributed by atoms with Crippen LogP contribution in [0.1, 0.15) is 20.8 Å². The zero-order valence-corrected chi connectivity index (χ0v) is 9.68. The smallest absolute Gasteiger partial charge is 0.246 e. The normalized spacial score (nSPS) is 13.9. The van der Waals surface area contributed by atoms with E-state index in [1.165, 1.54) is 0 Å². The van der Waals surface area contributed by atoms with Crippen molar-refractivity contribution in [1.82, 2.24) is 16.0 Å². The van der Waals surface area contributed by atoms with Gasteiger partial charge in [-0.05, 0) is 27.8 Å². The number of allylic oxidation sites excluding steroid dienone is 1. The van der Waals surface area contributed by atoms with Crippen LogP contribution in [0.15, 0.2) is 12.3 Å². The molecule has 2 atom stereocenters. The van der Waals surface area contributed by atoms with Gasteiger partial charge in [-0.1, -0.05) is 6.58 Å². The molecule has 0 aliphatic rings. The lowest BCUT2D eigenvalue weighted by atomic mass is 10.2. The Morgan fingerprint density at radius 2 is 1.67 bits per heavy atom. The van der Waals surface area contributed by atoms with Crippen LogP contribution in [0.25, 0.3) is 0 Å². The van der Waals surface area contributed by atoms with Crippen molar-refractivity contribution < 1.29 is 9.59 Å². The van der Waals surface area contributed by atoms with Gasteiger partial charge in [0.2, 0.25) is 11.8 Å². The highest BCUT2D eigenvalue weighted by Crippen LogP contribution is 1.88. The minimum atomic E-state index is -0.565. The first-order valence-corrected chi connectivity index (χ1v) is 4.82. The molecule has 0 aliphatic carbocycles. The SMILES string of the molecule is C=C(C)NC(=O)[C@H](C)NC(=O)[C@H](C)NC. The predicted octanol–water partition coefficient (Wildman–Crippen LogP) is -0.251. The lowest BCUT2D eigenvalue weighted by Gasteiger charge is -2.16. The fraction of sp³-hybridized carbons (Fsp3) is 0.600. The van der Waals surface area contributed by atoms with Gasteiger partial charge >= 0.3 is 0 Å². The predicted molar refractivity (Wildman–Crippen MR) is 59.1 cm³/mol. The lowest BCUT2D eigenvalue weighted by molar-refractivity contribution is -0.129. The van der Waals surface area contributed by atoms with E-state index in [4.69, 9.17) is 0 Å². The highest BCUT2D eigenvalue weighted by molar-refractivity contribution is 5.89. The van der Waals surface area contributed by atoms with E-state index < -0.39 is 6.04 Å². The highest BCUT2D eigenvalue weighted by Gasteiger charge is 2.18. The fourth-order valence-corrected chi connectivity index (χ4v) is 0.854. The van der Waals surface area contributed by atoms with Gasteiger partial charge in [0.15, 0.2) is 0 Å². The van der Waals surface area contributed by atoms with E-state index in [2.05, 4.69) is 22.5 Å². The van der Waals surface area contributed by atoms with E-state index in [0.29, 0.717) is 5.70 Å². The lowest BCUT2D eigenvalue weighted by Crippen LogP contribution is -2.49. The van der Waals surface area contributed by atoms with Gasteiger partial charge < -0.3 is 16.0 Å². The summed E-state index contributed by atoms with van der Waals surface area (Å²) in [6.07, 6.45) is 0. The van der Waals surface area contributed by atoms with Crippen molar-refractivity contribution in [2.75, 3.05) is 7.05 Å². The summed E-state index contributed by atoms with van der Waals surface area (Å²) in [5.41, 5.74) is 0.558. The second-order valence-corrected chi connectivity index (χ2v) is 3.51. The molecule has 0 fully saturated rings. The largest absolute Gasteiger partial charge is 0.343 e. The second kappa shape index (κ2) is 6.19. The van der Waals surface area contributed by atoms with Gasteiger partial charge in [0, 0.05) is 5.70 Å². The third-order valence-electron chi connectivity index (χ3n) is 1.91. The number of nitrogens with one attached hydrogen (secondary N) is 3. The maximum Gasteiger partial charge on any atom is 0.246 e. The summed E-state index contributed by atoms with van der Waals surface area (Å²) >= 11 is 0. The Kier molecular flexibility index (Phi) is 5.62. The van der Waals surface area contributed by atoms with Crippen LogP contribution in [0, 0.1) is 0 Å². The number of hydrogen-bond donors (Lipinski definition) is 3. The van der Waals surface area contributed by atoms with Crippen molar-refractivity contribution in [2.45, 2.75) is 32.9 Å². The highest BCUT2D eigenvalue weighted by atomic mass is 16.2. The van der Waals surface area contributed by atoms with Gasteiger partial charge in [0.1, 0.15) is 6.04 Å². The first-order chi connectivity index (χ1) is 6.88. The van der Waals surface area contributed by atoms with Crippen molar-refractivity contribution in [1.29, 1.82) is 0 Å². The molecule has 0 aromatic rings. The number of carbonyl (C=O) groups excluding carboxylic acids is 2. The Bertz CT molecular complexity index is 263. The Labute approximate surface area is 90.3 Å². The summed E-state index contributed by atoms with van der Waals surface area (Å²) in [5, 5.41) is 7.91. The van der Waals surface area contributed by atoms with E-state index >= 15 is 0 Å². The molecule has 0 aliphatic heterocycles. The van der Waals surface area contributed by atoms with Crippen LogP contribution in [0.5, 0.6) is 0 Å². The van der Waals surface area contributed by atoms with Crippen LogP contribution < -0.4 is 16.0 Å². The maximum absolute atomic E-state index is 11.4. The van der Waals surface area contributed by atoms with Crippen molar-refractivity contribution in [3.63, 3.8) is 0 Å². The molecule has 5 nitrogen and oxygen atoms in total. The van der Waals surface area contributed by atoms with Gasteiger partial charge in [-0.3, -0.25) is 9.59 Å². The van der Waals surface area contributed by atoms with E-state index in [-0.39, 0.29) is 17.9 Å². The molecule has 2 amide bonds. The van der Waals surface area contributed by atoms with E-state index in [1.54, 1.807) is 27.8 Å². The van der Waals surface area contributed by atoms with Crippen molar-refractivity contribution >= 4 is 11.8 Å². The van der Waals surface area contributed by atoms with Gasteiger partial charge in [-0.15, -0.1) is 0 Å². The molecule has 0 bridgehead atoms. The third kappa shape index (κ3) is 5.17. The van der Waals surface area contributed by atoms with Crippen LogP contribution in [-0.4, -0.2) is 30.9 Å². The Morgan fingerprint density at radius 1 is 1.13 bits per heavy atom. The van der Waals surface area contributed by atoms with Gasteiger partial charge in [0.05, 0.1) is 6.04 Å². The molecule has 0 aromatic carbocycles. The molecule has 15 heavy (non-hydrogen) atoms. The molecule has 3 N–H and O–H groups in total. The molecule has 0 heterocycles. The van der Waals surface area contributed by atoms with E-state index in [1.807, 2.05) is 0 Å². The summed E-state index contributed by atoms with van der Waals surface area (Å²) in [4.78, 5) is 22.8. The van der Waals surface area contributed by atoms with Crippen LogP contribution in [-0.2, 0) is 9.59 Å². The summed E-state index contributed by atoms with van der Waals surface area (Å²) in [6.45, 7) is 8.58. The molecule has 0 spiro atoms. The second-order valence-electron chi connectivity index (χ2n) is 3.51. The molecule has 0 unspecified atom stereocenters. The average molecular weight is 213 g/mol. The fourth-order valence-electron chi connectivity index (χ4n) is 0.854. The van der Waals surface area contributed by atoms with Crippen LogP contribution in [0.4, 0.5) is 0 Å². The Morgan fingerprint density at radius 3 is 2.07 bits per heavy atom. The summed E-state index contributed by atoms with van der Waals surface area (Å²) in [7, 11) is 1.68. The van der Waals surface area contributed by atoms with Crippen molar-refractivity contribution in [2.24, 2.45) is 0 Å². The topological polar surface area (TPSA) is 70.2 Å². The third-order valence-corrected chi connectivity index (χ3v) is 1.91.